The van der Waals surface area contributed by atoms with Crippen LogP contribution in [0, 0.1) is 0 Å². The number of phenolic OH excluding ortho intramolecular Hbond substituents is 1. The van der Waals surface area contributed by atoms with Gasteiger partial charge in [0.2, 0.25) is 0 Å². The highest BCUT2D eigenvalue weighted by Gasteiger charge is 2.14. The average Bonchev–Trinajstić information content (AvgIpc) is 2.77. The first-order chi connectivity index (χ1) is 7.59. The fraction of sp³-hybridized carbons (Fsp3) is 0.0909. The summed E-state index contributed by atoms with van der Waals surface area (Å²) in [6.07, 6.45) is 0. The molecule has 17 heavy (non-hydrogen) atoms. The van der Waals surface area contributed by atoms with Crippen LogP contribution in [0.5, 0.6) is 5.75 Å². The largest absolute Gasteiger partial charge is 0.505 e. The Morgan fingerprint density at radius 2 is 1.82 bits per heavy atom. The van der Waals surface area contributed by atoms with E-state index in [1.807, 2.05) is 17.5 Å². The lowest BCUT2D eigenvalue weighted by atomic mass is 10.1. The molecule has 2 aromatic rings. The van der Waals surface area contributed by atoms with Crippen LogP contribution in [0.15, 0.2) is 29.6 Å². The third-order valence-electron chi connectivity index (χ3n) is 2.25. The molecule has 0 bridgehead atoms. The number of phenols is 1. The van der Waals surface area contributed by atoms with Gasteiger partial charge < -0.3 is 10.8 Å². The van der Waals surface area contributed by atoms with Crippen molar-refractivity contribution in [1.29, 1.82) is 0 Å². The van der Waals surface area contributed by atoms with Gasteiger partial charge in [-0.2, -0.15) is 0 Å². The minimum Gasteiger partial charge on any atom is -0.505 e. The van der Waals surface area contributed by atoms with Crippen LogP contribution < -0.4 is 5.73 Å². The molecule has 0 spiro atoms. The molecule has 3 N–H and O–H groups in total. The summed E-state index contributed by atoms with van der Waals surface area (Å²) in [5.41, 5.74) is 6.85. The number of nitrogens with two attached hydrogens (primary N) is 1. The van der Waals surface area contributed by atoms with E-state index in [0.717, 1.165) is 10.4 Å². The van der Waals surface area contributed by atoms with E-state index in [0.29, 0.717) is 0 Å². The molecule has 2 nitrogen and oxygen atoms in total. The van der Waals surface area contributed by atoms with Gasteiger partial charge in [-0.15, -0.1) is 23.7 Å². The van der Waals surface area contributed by atoms with Crippen molar-refractivity contribution >= 4 is 46.9 Å². The zero-order chi connectivity index (χ0) is 11.7. The Morgan fingerprint density at radius 1 is 1.24 bits per heavy atom. The maximum absolute atomic E-state index is 9.44. The van der Waals surface area contributed by atoms with E-state index in [-0.39, 0.29) is 34.2 Å². The smallest absolute Gasteiger partial charge is 0.152 e. The SMILES string of the molecule is Cl.N[C@H](c1cc(Cl)c(O)c(Cl)c1)c1cccs1. The summed E-state index contributed by atoms with van der Waals surface area (Å²) in [5, 5.41) is 11.8. The van der Waals surface area contributed by atoms with E-state index in [4.69, 9.17) is 28.9 Å². The molecule has 0 aliphatic heterocycles. The first-order valence-corrected chi connectivity index (χ1v) is 6.20. The van der Waals surface area contributed by atoms with Crippen molar-refractivity contribution in [1.82, 2.24) is 0 Å². The van der Waals surface area contributed by atoms with Crippen molar-refractivity contribution in [2.24, 2.45) is 5.73 Å². The maximum atomic E-state index is 9.44. The predicted octanol–water partition coefficient (Wildman–Crippen LogP) is 4.23. The fourth-order valence-electron chi connectivity index (χ4n) is 1.40. The normalized spacial score (nSPS) is 11.9. The second-order valence-corrected chi connectivity index (χ2v) is 5.12. The van der Waals surface area contributed by atoms with Gasteiger partial charge in [-0.1, -0.05) is 29.3 Å². The molecule has 0 amide bonds. The number of hydrogen-bond donors (Lipinski definition) is 2. The Balaban J connectivity index is 0.00000144. The summed E-state index contributed by atoms with van der Waals surface area (Å²) in [4.78, 5) is 1.03. The molecule has 2 rings (SSSR count). The lowest BCUT2D eigenvalue weighted by molar-refractivity contribution is 0.475. The number of rotatable bonds is 2. The molecule has 0 saturated heterocycles. The zero-order valence-electron chi connectivity index (χ0n) is 8.56. The predicted molar refractivity (Wildman–Crippen MR) is 75.7 cm³/mol. The molecule has 92 valence electrons. The van der Waals surface area contributed by atoms with Gasteiger partial charge in [0, 0.05) is 4.88 Å². The molecule has 0 aliphatic rings. The highest BCUT2D eigenvalue weighted by atomic mass is 35.5. The van der Waals surface area contributed by atoms with Crippen molar-refractivity contribution in [3.8, 4) is 5.75 Å². The van der Waals surface area contributed by atoms with E-state index in [1.54, 1.807) is 23.5 Å². The Bertz CT molecular complexity index is 478. The molecule has 0 fully saturated rings. The van der Waals surface area contributed by atoms with Crippen LogP contribution in [0.4, 0.5) is 0 Å². The van der Waals surface area contributed by atoms with Gasteiger partial charge in [-0.25, -0.2) is 0 Å². The summed E-state index contributed by atoms with van der Waals surface area (Å²) >= 11 is 13.2. The second kappa shape index (κ2) is 5.94. The van der Waals surface area contributed by atoms with Gasteiger partial charge in [0.15, 0.2) is 5.75 Å². The second-order valence-electron chi connectivity index (χ2n) is 3.33. The standard InChI is InChI=1S/C11H9Cl2NOS.ClH/c12-7-4-6(5-8(13)11(7)15)10(14)9-2-1-3-16-9;/h1-5,10,15H,14H2;1H/t10-;/m1./s1. The third kappa shape index (κ3) is 3.06. The fourth-order valence-corrected chi connectivity index (χ4v) is 2.66. The molecule has 0 saturated carbocycles. The quantitative estimate of drug-likeness (QED) is 0.872. The highest BCUT2D eigenvalue weighted by Crippen LogP contribution is 2.36. The zero-order valence-corrected chi connectivity index (χ0v) is 11.7. The van der Waals surface area contributed by atoms with Gasteiger partial charge >= 0.3 is 0 Å². The molecular weight excluding hydrogens is 301 g/mol. The summed E-state index contributed by atoms with van der Waals surface area (Å²) in [6, 6.07) is 6.88. The van der Waals surface area contributed by atoms with Crippen molar-refractivity contribution in [2.75, 3.05) is 0 Å². The molecule has 0 aliphatic carbocycles. The van der Waals surface area contributed by atoms with Gasteiger partial charge in [0.1, 0.15) is 0 Å². The van der Waals surface area contributed by atoms with Crippen molar-refractivity contribution in [3.05, 3.63) is 50.1 Å². The van der Waals surface area contributed by atoms with Gasteiger partial charge in [-0.3, -0.25) is 0 Å². The van der Waals surface area contributed by atoms with Crippen LogP contribution in [0.3, 0.4) is 0 Å². The van der Waals surface area contributed by atoms with E-state index >= 15 is 0 Å². The average molecular weight is 311 g/mol. The lowest BCUT2D eigenvalue weighted by Crippen LogP contribution is -2.10. The number of thiophene rings is 1. The first kappa shape index (κ1) is 14.6. The van der Waals surface area contributed by atoms with Gasteiger partial charge in [0.05, 0.1) is 16.1 Å². The van der Waals surface area contributed by atoms with Crippen LogP contribution in [0.2, 0.25) is 10.0 Å². The van der Waals surface area contributed by atoms with Crippen molar-refractivity contribution in [3.63, 3.8) is 0 Å². The van der Waals surface area contributed by atoms with Crippen LogP contribution in [0.25, 0.3) is 0 Å². The Labute approximate surface area is 119 Å². The lowest BCUT2D eigenvalue weighted by Gasteiger charge is -2.12. The van der Waals surface area contributed by atoms with Crippen LogP contribution in [-0.4, -0.2) is 5.11 Å². The van der Waals surface area contributed by atoms with E-state index in [9.17, 15) is 5.11 Å². The molecule has 0 radical (unpaired) electrons. The highest BCUT2D eigenvalue weighted by molar-refractivity contribution is 7.10. The van der Waals surface area contributed by atoms with E-state index in [2.05, 4.69) is 0 Å². The van der Waals surface area contributed by atoms with Crippen LogP contribution in [0.1, 0.15) is 16.5 Å². The Kier molecular flexibility index (Phi) is 5.10. The minimum absolute atomic E-state index is 0. The number of benzene rings is 1. The molecule has 1 heterocycles. The Morgan fingerprint density at radius 3 is 2.29 bits per heavy atom. The molecule has 1 aromatic carbocycles. The minimum atomic E-state index is -0.268. The molecule has 1 aromatic heterocycles. The summed E-state index contributed by atoms with van der Waals surface area (Å²) in [5.74, 6) is -0.106. The molecular formula is C11H10Cl3NOS. The van der Waals surface area contributed by atoms with Crippen molar-refractivity contribution < 1.29 is 5.11 Å². The number of aromatic hydroxyl groups is 1. The molecule has 1 atom stereocenters. The van der Waals surface area contributed by atoms with Crippen molar-refractivity contribution in [2.45, 2.75) is 6.04 Å². The van der Waals surface area contributed by atoms with Crippen LogP contribution in [-0.2, 0) is 0 Å². The third-order valence-corrected chi connectivity index (χ3v) is 3.78. The summed E-state index contributed by atoms with van der Waals surface area (Å²) in [6.45, 7) is 0. The monoisotopic (exact) mass is 309 g/mol. The number of hydrogen-bond acceptors (Lipinski definition) is 3. The van der Waals surface area contributed by atoms with E-state index < -0.39 is 0 Å². The number of halogens is 3. The molecule has 6 heteroatoms. The summed E-state index contributed by atoms with van der Waals surface area (Å²) in [7, 11) is 0. The van der Waals surface area contributed by atoms with E-state index in [1.165, 1.54) is 0 Å². The summed E-state index contributed by atoms with van der Waals surface area (Å²) < 4.78 is 0. The van der Waals surface area contributed by atoms with Gasteiger partial charge in [-0.05, 0) is 29.1 Å². The van der Waals surface area contributed by atoms with Crippen LogP contribution >= 0.6 is 46.9 Å². The van der Waals surface area contributed by atoms with Gasteiger partial charge in [0.25, 0.3) is 0 Å². The maximum Gasteiger partial charge on any atom is 0.152 e. The Hall–Kier alpha value is -0.450. The topological polar surface area (TPSA) is 46.2 Å². The first-order valence-electron chi connectivity index (χ1n) is 4.56. The molecule has 0 unspecified atom stereocenters.